The third kappa shape index (κ3) is 4.26. The van der Waals surface area contributed by atoms with Crippen LogP contribution < -0.4 is 10.6 Å². The first-order chi connectivity index (χ1) is 7.09. The van der Waals surface area contributed by atoms with Gasteiger partial charge in [-0.3, -0.25) is 9.97 Å². The zero-order valence-corrected chi connectivity index (χ0v) is 10.2. The zero-order chi connectivity index (χ0) is 11.3. The van der Waals surface area contributed by atoms with Gasteiger partial charge in [0.1, 0.15) is 10.7 Å². The van der Waals surface area contributed by atoms with Gasteiger partial charge in [-0.1, -0.05) is 12.2 Å². The van der Waals surface area contributed by atoms with E-state index < -0.39 is 0 Å². The molecule has 6 heteroatoms. The van der Waals surface area contributed by atoms with Gasteiger partial charge in [0.2, 0.25) is 0 Å². The lowest BCUT2D eigenvalue weighted by Gasteiger charge is -2.12. The SMILES string of the molecule is CC(C)NC(=S)NC(=S)c1cnccn1. The molecule has 0 aliphatic heterocycles. The quantitative estimate of drug-likeness (QED) is 0.753. The van der Waals surface area contributed by atoms with Crippen LogP contribution in [0.15, 0.2) is 18.6 Å². The molecule has 0 spiro atoms. The van der Waals surface area contributed by atoms with E-state index in [1.165, 1.54) is 0 Å². The lowest BCUT2D eigenvalue weighted by molar-refractivity contribution is 0.731. The number of aromatic nitrogens is 2. The Bertz CT molecular complexity index is 350. The average Bonchev–Trinajstić information content (AvgIpc) is 2.17. The van der Waals surface area contributed by atoms with Gasteiger partial charge in [0, 0.05) is 18.4 Å². The molecular weight excluding hydrogens is 228 g/mol. The summed E-state index contributed by atoms with van der Waals surface area (Å²) in [5.41, 5.74) is 0.611. The molecule has 0 amide bonds. The number of hydrogen-bond donors (Lipinski definition) is 2. The van der Waals surface area contributed by atoms with Gasteiger partial charge in [-0.05, 0) is 26.1 Å². The van der Waals surface area contributed by atoms with Crippen LogP contribution in [0.3, 0.4) is 0 Å². The van der Waals surface area contributed by atoms with E-state index in [0.717, 1.165) is 0 Å². The monoisotopic (exact) mass is 240 g/mol. The smallest absolute Gasteiger partial charge is 0.171 e. The van der Waals surface area contributed by atoms with Gasteiger partial charge in [0.15, 0.2) is 5.11 Å². The maximum atomic E-state index is 5.11. The van der Waals surface area contributed by atoms with Crippen LogP contribution in [0.1, 0.15) is 19.5 Å². The summed E-state index contributed by atoms with van der Waals surface area (Å²) >= 11 is 10.2. The lowest BCUT2D eigenvalue weighted by atomic mass is 10.4. The van der Waals surface area contributed by atoms with Gasteiger partial charge in [-0.15, -0.1) is 0 Å². The largest absolute Gasteiger partial charge is 0.360 e. The second-order valence-corrected chi connectivity index (χ2v) is 3.99. The fourth-order valence-corrected chi connectivity index (χ4v) is 1.49. The molecule has 1 aromatic rings. The minimum absolute atomic E-state index is 0.273. The molecule has 4 nitrogen and oxygen atoms in total. The van der Waals surface area contributed by atoms with E-state index in [1.54, 1.807) is 18.6 Å². The summed E-state index contributed by atoms with van der Waals surface area (Å²) < 4.78 is 0. The Morgan fingerprint density at radius 2 is 2.07 bits per heavy atom. The molecule has 1 rings (SSSR count). The standard InChI is InChI=1S/C9H12N4S2/c1-6(2)12-9(15)13-8(14)7-5-10-3-4-11-7/h3-6H,1-2H3,(H2,12,13,14,15). The van der Waals surface area contributed by atoms with Gasteiger partial charge in [0.05, 0.1) is 6.20 Å². The van der Waals surface area contributed by atoms with E-state index in [0.29, 0.717) is 15.8 Å². The van der Waals surface area contributed by atoms with E-state index in [9.17, 15) is 0 Å². The molecule has 0 radical (unpaired) electrons. The van der Waals surface area contributed by atoms with E-state index in [-0.39, 0.29) is 6.04 Å². The van der Waals surface area contributed by atoms with Crippen LogP contribution in [0, 0.1) is 0 Å². The third-order valence-corrected chi connectivity index (χ3v) is 1.97. The molecule has 80 valence electrons. The summed E-state index contributed by atoms with van der Waals surface area (Å²) in [5, 5.41) is 6.41. The molecule has 0 saturated heterocycles. The Hall–Kier alpha value is -1.14. The maximum Gasteiger partial charge on any atom is 0.171 e. The molecule has 0 atom stereocenters. The summed E-state index contributed by atoms with van der Waals surface area (Å²) in [7, 11) is 0. The third-order valence-electron chi connectivity index (χ3n) is 1.44. The van der Waals surface area contributed by atoms with Crippen molar-refractivity contribution in [1.82, 2.24) is 20.6 Å². The van der Waals surface area contributed by atoms with Gasteiger partial charge in [-0.2, -0.15) is 0 Å². The fraction of sp³-hybridized carbons (Fsp3) is 0.333. The van der Waals surface area contributed by atoms with Crippen LogP contribution in [0.25, 0.3) is 0 Å². The van der Waals surface area contributed by atoms with E-state index in [2.05, 4.69) is 20.6 Å². The molecular formula is C9H12N4S2. The van der Waals surface area contributed by atoms with Crippen molar-refractivity contribution in [2.75, 3.05) is 0 Å². The maximum absolute atomic E-state index is 5.11. The van der Waals surface area contributed by atoms with Gasteiger partial charge in [-0.25, -0.2) is 0 Å². The van der Waals surface area contributed by atoms with Crippen LogP contribution in [0.4, 0.5) is 0 Å². The first-order valence-corrected chi connectivity index (χ1v) is 5.29. The minimum atomic E-state index is 0.273. The van der Waals surface area contributed by atoms with Crippen LogP contribution in [0.5, 0.6) is 0 Å². The molecule has 0 aromatic carbocycles. The van der Waals surface area contributed by atoms with Crippen molar-refractivity contribution in [1.29, 1.82) is 0 Å². The first-order valence-electron chi connectivity index (χ1n) is 4.47. The van der Waals surface area contributed by atoms with Crippen LogP contribution >= 0.6 is 24.4 Å². The van der Waals surface area contributed by atoms with Crippen molar-refractivity contribution in [3.8, 4) is 0 Å². The highest BCUT2D eigenvalue weighted by Crippen LogP contribution is 1.91. The molecule has 15 heavy (non-hydrogen) atoms. The number of rotatable bonds is 2. The van der Waals surface area contributed by atoms with Crippen molar-refractivity contribution in [2.24, 2.45) is 0 Å². The Kier molecular flexibility index (Phi) is 4.51. The number of hydrogen-bond acceptors (Lipinski definition) is 4. The predicted molar refractivity (Wildman–Crippen MR) is 67.7 cm³/mol. The van der Waals surface area contributed by atoms with Gasteiger partial charge in [0.25, 0.3) is 0 Å². The normalized spacial score (nSPS) is 9.80. The van der Waals surface area contributed by atoms with Crippen LogP contribution in [0.2, 0.25) is 0 Å². The molecule has 1 aromatic heterocycles. The van der Waals surface area contributed by atoms with Gasteiger partial charge >= 0.3 is 0 Å². The van der Waals surface area contributed by atoms with Crippen LogP contribution in [-0.4, -0.2) is 26.1 Å². The average molecular weight is 240 g/mol. The van der Waals surface area contributed by atoms with Crippen molar-refractivity contribution in [2.45, 2.75) is 19.9 Å². The summed E-state index contributed by atoms with van der Waals surface area (Å²) in [6, 6.07) is 0.273. The number of nitrogens with one attached hydrogen (secondary N) is 2. The van der Waals surface area contributed by atoms with Crippen molar-refractivity contribution < 1.29 is 0 Å². The summed E-state index contributed by atoms with van der Waals surface area (Å²) in [5.74, 6) is 0. The minimum Gasteiger partial charge on any atom is -0.360 e. The van der Waals surface area contributed by atoms with Crippen molar-refractivity contribution in [3.05, 3.63) is 24.3 Å². The lowest BCUT2D eigenvalue weighted by Crippen LogP contribution is -2.42. The Balaban J connectivity index is 2.53. The van der Waals surface area contributed by atoms with Crippen molar-refractivity contribution >= 4 is 34.5 Å². The van der Waals surface area contributed by atoms with E-state index >= 15 is 0 Å². The topological polar surface area (TPSA) is 49.8 Å². The highest BCUT2D eigenvalue weighted by atomic mass is 32.1. The Morgan fingerprint density at radius 1 is 1.33 bits per heavy atom. The highest BCUT2D eigenvalue weighted by Gasteiger charge is 2.05. The van der Waals surface area contributed by atoms with Crippen molar-refractivity contribution in [3.63, 3.8) is 0 Å². The highest BCUT2D eigenvalue weighted by molar-refractivity contribution is 7.82. The second kappa shape index (κ2) is 5.67. The Labute approximate surface area is 99.5 Å². The fourth-order valence-electron chi connectivity index (χ4n) is 0.882. The Morgan fingerprint density at radius 3 is 2.60 bits per heavy atom. The van der Waals surface area contributed by atoms with Gasteiger partial charge < -0.3 is 10.6 Å². The van der Waals surface area contributed by atoms with E-state index in [4.69, 9.17) is 24.4 Å². The zero-order valence-electron chi connectivity index (χ0n) is 8.52. The molecule has 0 bridgehead atoms. The molecule has 0 fully saturated rings. The second-order valence-electron chi connectivity index (χ2n) is 3.17. The molecule has 2 N–H and O–H groups in total. The molecule has 0 aliphatic carbocycles. The predicted octanol–water partition coefficient (Wildman–Crippen LogP) is 1.02. The molecule has 0 unspecified atom stereocenters. The summed E-state index contributed by atoms with van der Waals surface area (Å²) in [6.45, 7) is 4.00. The molecule has 0 saturated carbocycles. The molecule has 1 heterocycles. The summed E-state index contributed by atoms with van der Waals surface area (Å²) in [6.07, 6.45) is 4.77. The molecule has 0 aliphatic rings. The number of thiocarbonyl (C=S) groups is 2. The van der Waals surface area contributed by atoms with Crippen LogP contribution in [-0.2, 0) is 0 Å². The summed E-state index contributed by atoms with van der Waals surface area (Å²) in [4.78, 5) is 8.45. The first kappa shape index (κ1) is 11.9. The number of nitrogens with zero attached hydrogens (tertiary/aromatic N) is 2. The van der Waals surface area contributed by atoms with E-state index in [1.807, 2.05) is 13.8 Å².